The van der Waals surface area contributed by atoms with Crippen LogP contribution in [-0.2, 0) is 9.59 Å². The Labute approximate surface area is 145 Å². The summed E-state index contributed by atoms with van der Waals surface area (Å²) in [7, 11) is 0. The molecule has 130 valence electrons. The highest BCUT2D eigenvalue weighted by atomic mass is 35.5. The lowest BCUT2D eigenvalue weighted by molar-refractivity contribution is -0.145. The summed E-state index contributed by atoms with van der Waals surface area (Å²) in [6.45, 7) is 2.95. The van der Waals surface area contributed by atoms with E-state index in [1.807, 2.05) is 0 Å². The molecule has 0 bridgehead atoms. The van der Waals surface area contributed by atoms with Crippen LogP contribution in [0.25, 0.3) is 6.08 Å². The summed E-state index contributed by atoms with van der Waals surface area (Å²) in [5.41, 5.74) is -0.771. The molecule has 1 amide bonds. The van der Waals surface area contributed by atoms with Gasteiger partial charge in [0.15, 0.2) is 11.3 Å². The number of carbonyl (C=O) groups excluding carboxylic acids is 2. The van der Waals surface area contributed by atoms with Gasteiger partial charge in [0, 0.05) is 26.2 Å². The SMILES string of the molecule is C[C@@]1(C(=O)C=Cc2ccc(F)c(Cl)c2)NCCN(CCCO)C1=O. The third-order valence-electron chi connectivity index (χ3n) is 4.02. The molecular formula is C17H20ClFN2O3. The number of amides is 1. The zero-order chi connectivity index (χ0) is 17.7. The van der Waals surface area contributed by atoms with Gasteiger partial charge in [-0.3, -0.25) is 14.9 Å². The van der Waals surface area contributed by atoms with E-state index in [1.54, 1.807) is 11.8 Å². The van der Waals surface area contributed by atoms with Gasteiger partial charge in [-0.15, -0.1) is 0 Å². The molecule has 1 heterocycles. The lowest BCUT2D eigenvalue weighted by atomic mass is 9.91. The van der Waals surface area contributed by atoms with Gasteiger partial charge in [-0.1, -0.05) is 23.7 Å². The fourth-order valence-corrected chi connectivity index (χ4v) is 2.75. The van der Waals surface area contributed by atoms with E-state index in [1.165, 1.54) is 30.4 Å². The number of halogens is 2. The van der Waals surface area contributed by atoms with Crippen molar-refractivity contribution < 1.29 is 19.1 Å². The highest BCUT2D eigenvalue weighted by Crippen LogP contribution is 2.19. The first-order valence-electron chi connectivity index (χ1n) is 7.71. The Hall–Kier alpha value is -1.76. The van der Waals surface area contributed by atoms with Crippen molar-refractivity contribution in [3.63, 3.8) is 0 Å². The Balaban J connectivity index is 2.12. The lowest BCUT2D eigenvalue weighted by Gasteiger charge is -2.38. The van der Waals surface area contributed by atoms with Gasteiger partial charge in [-0.25, -0.2) is 4.39 Å². The first kappa shape index (κ1) is 18.6. The summed E-state index contributed by atoms with van der Waals surface area (Å²) < 4.78 is 13.1. The van der Waals surface area contributed by atoms with E-state index in [2.05, 4.69) is 5.32 Å². The molecule has 2 rings (SSSR count). The number of rotatable bonds is 6. The van der Waals surface area contributed by atoms with Crippen LogP contribution in [0.3, 0.4) is 0 Å². The van der Waals surface area contributed by atoms with Crippen LogP contribution in [0.1, 0.15) is 18.9 Å². The molecular weight excluding hydrogens is 335 g/mol. The first-order valence-corrected chi connectivity index (χ1v) is 8.09. The van der Waals surface area contributed by atoms with Crippen molar-refractivity contribution in [2.24, 2.45) is 0 Å². The Morgan fingerprint density at radius 2 is 2.29 bits per heavy atom. The molecule has 1 aromatic carbocycles. The van der Waals surface area contributed by atoms with Crippen molar-refractivity contribution in [2.75, 3.05) is 26.2 Å². The fraction of sp³-hybridized carbons (Fsp3) is 0.412. The molecule has 0 saturated carbocycles. The number of piperazine rings is 1. The van der Waals surface area contributed by atoms with E-state index in [0.29, 0.717) is 31.6 Å². The van der Waals surface area contributed by atoms with Crippen LogP contribution in [0.4, 0.5) is 4.39 Å². The highest BCUT2D eigenvalue weighted by molar-refractivity contribution is 6.30. The highest BCUT2D eigenvalue weighted by Gasteiger charge is 2.44. The number of hydrogen-bond donors (Lipinski definition) is 2. The van der Waals surface area contributed by atoms with E-state index >= 15 is 0 Å². The quantitative estimate of drug-likeness (QED) is 0.602. The van der Waals surface area contributed by atoms with Gasteiger partial charge < -0.3 is 10.0 Å². The monoisotopic (exact) mass is 354 g/mol. The van der Waals surface area contributed by atoms with Crippen molar-refractivity contribution in [2.45, 2.75) is 18.9 Å². The average Bonchev–Trinajstić information content (AvgIpc) is 2.57. The van der Waals surface area contributed by atoms with Crippen LogP contribution in [0, 0.1) is 5.82 Å². The molecule has 0 unspecified atom stereocenters. The van der Waals surface area contributed by atoms with Gasteiger partial charge >= 0.3 is 0 Å². The number of aliphatic hydroxyl groups excluding tert-OH is 1. The second kappa shape index (κ2) is 7.88. The minimum absolute atomic E-state index is 0.00685. The largest absolute Gasteiger partial charge is 0.396 e. The normalized spacial score (nSPS) is 21.5. The molecule has 0 spiro atoms. The summed E-state index contributed by atoms with van der Waals surface area (Å²) in [5, 5.41) is 11.8. The topological polar surface area (TPSA) is 69.6 Å². The second-order valence-corrected chi connectivity index (χ2v) is 6.20. The third-order valence-corrected chi connectivity index (χ3v) is 4.31. The third kappa shape index (κ3) is 4.01. The lowest BCUT2D eigenvalue weighted by Crippen LogP contribution is -2.66. The molecule has 24 heavy (non-hydrogen) atoms. The van der Waals surface area contributed by atoms with Gasteiger partial charge in [0.2, 0.25) is 0 Å². The van der Waals surface area contributed by atoms with E-state index in [-0.39, 0.29) is 23.3 Å². The standard InChI is InChI=1S/C17H20ClFN2O3/c1-17(16(24)21(8-2-10-22)9-7-20-17)15(23)6-4-12-3-5-14(19)13(18)11-12/h3-6,11,20,22H,2,7-10H2,1H3/t17-/m0/s1. The molecule has 1 aliphatic heterocycles. The van der Waals surface area contributed by atoms with Gasteiger partial charge in [-0.05, 0) is 37.1 Å². The van der Waals surface area contributed by atoms with Crippen molar-refractivity contribution in [1.29, 1.82) is 0 Å². The molecule has 1 aliphatic rings. The smallest absolute Gasteiger partial charge is 0.250 e. The maximum Gasteiger partial charge on any atom is 0.250 e. The van der Waals surface area contributed by atoms with Gasteiger partial charge in [0.1, 0.15) is 5.82 Å². The zero-order valence-corrected chi connectivity index (χ0v) is 14.1. The Morgan fingerprint density at radius 3 is 2.96 bits per heavy atom. The van der Waals surface area contributed by atoms with Crippen LogP contribution in [0.2, 0.25) is 5.02 Å². The Bertz CT molecular complexity index is 665. The summed E-state index contributed by atoms with van der Waals surface area (Å²) in [6.07, 6.45) is 3.27. The van der Waals surface area contributed by atoms with Crippen molar-refractivity contribution in [1.82, 2.24) is 10.2 Å². The molecule has 1 saturated heterocycles. The fourth-order valence-electron chi connectivity index (χ4n) is 2.56. The van der Waals surface area contributed by atoms with E-state index in [0.717, 1.165) is 0 Å². The molecule has 7 heteroatoms. The number of ketones is 1. The van der Waals surface area contributed by atoms with Crippen LogP contribution in [-0.4, -0.2) is 53.5 Å². The van der Waals surface area contributed by atoms with Gasteiger partial charge in [0.05, 0.1) is 5.02 Å². The number of aliphatic hydroxyl groups is 1. The molecule has 0 aliphatic carbocycles. The maximum atomic E-state index is 13.1. The van der Waals surface area contributed by atoms with Gasteiger partial charge in [0.25, 0.3) is 5.91 Å². The maximum absolute atomic E-state index is 13.1. The predicted octanol–water partition coefficient (Wildman–Crippen LogP) is 1.63. The summed E-state index contributed by atoms with van der Waals surface area (Å²) >= 11 is 5.71. The van der Waals surface area contributed by atoms with Crippen LogP contribution in [0.5, 0.6) is 0 Å². The number of nitrogens with zero attached hydrogens (tertiary/aromatic N) is 1. The average molecular weight is 355 g/mol. The molecule has 1 atom stereocenters. The molecule has 1 aromatic rings. The minimum atomic E-state index is -1.34. The minimum Gasteiger partial charge on any atom is -0.396 e. The molecule has 2 N–H and O–H groups in total. The molecule has 5 nitrogen and oxygen atoms in total. The first-order chi connectivity index (χ1) is 11.4. The molecule has 0 aromatic heterocycles. The summed E-state index contributed by atoms with van der Waals surface area (Å²) in [4.78, 5) is 26.7. The molecule has 0 radical (unpaired) electrons. The van der Waals surface area contributed by atoms with Crippen LogP contribution in [0.15, 0.2) is 24.3 Å². The predicted molar refractivity (Wildman–Crippen MR) is 90.1 cm³/mol. The second-order valence-electron chi connectivity index (χ2n) is 5.79. The van der Waals surface area contributed by atoms with Gasteiger partial charge in [-0.2, -0.15) is 0 Å². The Kier molecular flexibility index (Phi) is 6.10. The van der Waals surface area contributed by atoms with Crippen molar-refractivity contribution in [3.8, 4) is 0 Å². The van der Waals surface area contributed by atoms with E-state index in [9.17, 15) is 14.0 Å². The summed E-state index contributed by atoms with van der Waals surface area (Å²) in [6, 6.07) is 4.12. The number of nitrogens with one attached hydrogen (secondary N) is 1. The number of carbonyl (C=O) groups is 2. The van der Waals surface area contributed by atoms with E-state index in [4.69, 9.17) is 16.7 Å². The van der Waals surface area contributed by atoms with Crippen molar-refractivity contribution >= 4 is 29.4 Å². The Morgan fingerprint density at radius 1 is 1.54 bits per heavy atom. The van der Waals surface area contributed by atoms with Crippen LogP contribution >= 0.6 is 11.6 Å². The van der Waals surface area contributed by atoms with Crippen LogP contribution < -0.4 is 5.32 Å². The summed E-state index contributed by atoms with van der Waals surface area (Å²) in [5.74, 6) is -1.23. The number of hydrogen-bond acceptors (Lipinski definition) is 4. The number of benzene rings is 1. The zero-order valence-electron chi connectivity index (χ0n) is 13.4. The molecule has 1 fully saturated rings. The van der Waals surface area contributed by atoms with Crippen molar-refractivity contribution in [3.05, 3.63) is 40.7 Å². The van der Waals surface area contributed by atoms with E-state index < -0.39 is 11.4 Å².